The van der Waals surface area contributed by atoms with E-state index in [2.05, 4.69) is 10.6 Å². The molecule has 0 aliphatic heterocycles. The van der Waals surface area contributed by atoms with Crippen molar-refractivity contribution in [3.05, 3.63) is 82.6 Å². The van der Waals surface area contributed by atoms with Crippen LogP contribution in [0.3, 0.4) is 0 Å². The summed E-state index contributed by atoms with van der Waals surface area (Å²) >= 11 is 1.85. The Hall–Kier alpha value is -6.40. The Labute approximate surface area is 340 Å². The first kappa shape index (κ1) is 44.3. The van der Waals surface area contributed by atoms with Gasteiger partial charge in [-0.25, -0.2) is 9.59 Å². The molecule has 0 aliphatic carbocycles. The van der Waals surface area contributed by atoms with E-state index in [4.69, 9.17) is 28.4 Å². The lowest BCUT2D eigenvalue weighted by atomic mass is 9.99. The van der Waals surface area contributed by atoms with Gasteiger partial charge in [0.25, 0.3) is 11.8 Å². The second-order valence-electron chi connectivity index (χ2n) is 12.1. The third kappa shape index (κ3) is 11.3. The van der Waals surface area contributed by atoms with Crippen molar-refractivity contribution in [2.75, 3.05) is 23.8 Å². The zero-order chi connectivity index (χ0) is 42.5. The largest absolute Gasteiger partial charge is 0.462 e. The minimum atomic E-state index is -2.21. The lowest BCUT2D eigenvalue weighted by Gasteiger charge is -2.34. The highest BCUT2D eigenvalue weighted by Crippen LogP contribution is 2.38. The molecule has 16 nitrogen and oxygen atoms in total. The molecular formula is C40H40N2O14S2. The molecule has 0 aliphatic rings. The smallest absolute Gasteiger partial charge is 0.341 e. The van der Waals surface area contributed by atoms with Crippen molar-refractivity contribution in [2.45, 2.75) is 66.0 Å². The first-order valence-corrected chi connectivity index (χ1v) is 19.4. The number of carbonyl (C=O) groups is 8. The summed E-state index contributed by atoms with van der Waals surface area (Å²) in [6.07, 6.45) is -8.77. The number of anilines is 2. The van der Waals surface area contributed by atoms with Gasteiger partial charge in [0.05, 0.1) is 13.2 Å². The van der Waals surface area contributed by atoms with Gasteiger partial charge < -0.3 is 39.1 Å². The molecule has 2 aromatic carbocycles. The quantitative estimate of drug-likeness (QED) is 0.0950. The van der Waals surface area contributed by atoms with Gasteiger partial charge in [-0.05, 0) is 25.0 Å². The van der Waals surface area contributed by atoms with Crippen LogP contribution in [0, 0.1) is 0 Å². The van der Waals surface area contributed by atoms with E-state index in [9.17, 15) is 38.4 Å². The molecule has 58 heavy (non-hydrogen) atoms. The van der Waals surface area contributed by atoms with Crippen LogP contribution in [0.4, 0.5) is 10.0 Å². The van der Waals surface area contributed by atoms with Gasteiger partial charge in [-0.2, -0.15) is 0 Å². The Morgan fingerprint density at radius 3 is 1.14 bits per heavy atom. The average Bonchev–Trinajstić information content (AvgIpc) is 3.79. The minimum Gasteiger partial charge on any atom is -0.462 e. The molecule has 4 atom stereocenters. The second kappa shape index (κ2) is 20.7. The molecule has 4 rings (SSSR count). The predicted molar refractivity (Wildman–Crippen MR) is 211 cm³/mol. The molecule has 2 heterocycles. The Morgan fingerprint density at radius 2 is 0.845 bits per heavy atom. The highest BCUT2D eigenvalue weighted by Gasteiger charge is 2.49. The summed E-state index contributed by atoms with van der Waals surface area (Å²) in [5.74, 6) is -8.37. The van der Waals surface area contributed by atoms with Crippen molar-refractivity contribution in [2.24, 2.45) is 0 Å². The number of ether oxygens (including phenoxy) is 6. The normalized spacial score (nSPS) is 12.7. The second-order valence-corrected chi connectivity index (χ2v) is 13.8. The molecule has 0 radical (unpaired) electrons. The predicted octanol–water partition coefficient (Wildman–Crippen LogP) is 5.80. The number of thiophene rings is 2. The molecule has 18 heteroatoms. The maximum absolute atomic E-state index is 14.2. The van der Waals surface area contributed by atoms with Gasteiger partial charge in [0.2, 0.25) is 12.2 Å². The average molecular weight is 837 g/mol. The van der Waals surface area contributed by atoms with E-state index in [1.807, 2.05) is 0 Å². The van der Waals surface area contributed by atoms with Crippen molar-refractivity contribution in [3.8, 4) is 22.3 Å². The third-order valence-corrected chi connectivity index (χ3v) is 9.60. The van der Waals surface area contributed by atoms with E-state index >= 15 is 0 Å². The fourth-order valence-corrected chi connectivity index (χ4v) is 7.54. The van der Waals surface area contributed by atoms with Crippen molar-refractivity contribution in [3.63, 3.8) is 0 Å². The van der Waals surface area contributed by atoms with Crippen LogP contribution in [-0.2, 0) is 57.2 Å². The number of hydrogen-bond donors (Lipinski definition) is 2. The number of hydrogen-bond acceptors (Lipinski definition) is 16. The van der Waals surface area contributed by atoms with Crippen LogP contribution in [0.2, 0.25) is 0 Å². The molecule has 0 bridgehead atoms. The first-order valence-electron chi connectivity index (χ1n) is 17.6. The van der Waals surface area contributed by atoms with E-state index < -0.39 is 72.0 Å². The maximum atomic E-state index is 14.2. The number of benzene rings is 2. The van der Waals surface area contributed by atoms with Crippen LogP contribution < -0.4 is 10.6 Å². The summed E-state index contributed by atoms with van der Waals surface area (Å²) in [4.78, 5) is 105. The van der Waals surface area contributed by atoms with Crippen LogP contribution >= 0.6 is 22.7 Å². The van der Waals surface area contributed by atoms with E-state index in [1.54, 1.807) is 85.3 Å². The molecular weight excluding hydrogens is 797 g/mol. The Balaban J connectivity index is 1.82. The summed E-state index contributed by atoms with van der Waals surface area (Å²) in [6.45, 7) is 6.88. The van der Waals surface area contributed by atoms with Crippen molar-refractivity contribution in [1.29, 1.82) is 0 Å². The number of amides is 2. The fourth-order valence-electron chi connectivity index (χ4n) is 5.62. The highest BCUT2D eigenvalue weighted by molar-refractivity contribution is 7.15. The zero-order valence-corrected chi connectivity index (χ0v) is 33.8. The van der Waals surface area contributed by atoms with Crippen molar-refractivity contribution >= 4 is 80.3 Å². The molecule has 4 aromatic rings. The molecule has 2 N–H and O–H groups in total. The van der Waals surface area contributed by atoms with Gasteiger partial charge in [-0.1, -0.05) is 60.7 Å². The van der Waals surface area contributed by atoms with Crippen LogP contribution in [-0.4, -0.2) is 85.3 Å². The zero-order valence-electron chi connectivity index (χ0n) is 32.2. The number of esters is 6. The maximum Gasteiger partial charge on any atom is 0.341 e. The first-order chi connectivity index (χ1) is 27.7. The van der Waals surface area contributed by atoms with Gasteiger partial charge in [-0.3, -0.25) is 28.8 Å². The fraction of sp³-hybridized carbons (Fsp3) is 0.300. The van der Waals surface area contributed by atoms with E-state index in [-0.39, 0.29) is 34.3 Å². The van der Waals surface area contributed by atoms with Crippen LogP contribution in [0.15, 0.2) is 71.4 Å². The summed E-state index contributed by atoms with van der Waals surface area (Å²) in [6, 6.07) is 17.4. The van der Waals surface area contributed by atoms with Crippen LogP contribution in [0.5, 0.6) is 0 Å². The molecule has 0 spiro atoms. The third-order valence-electron chi connectivity index (χ3n) is 7.81. The molecule has 4 unspecified atom stereocenters. The highest BCUT2D eigenvalue weighted by atomic mass is 32.1. The van der Waals surface area contributed by atoms with E-state index in [1.165, 1.54) is 0 Å². The topological polar surface area (TPSA) is 216 Å². The summed E-state index contributed by atoms with van der Waals surface area (Å²) in [7, 11) is 0. The summed E-state index contributed by atoms with van der Waals surface area (Å²) in [5.41, 5.74) is 1.91. The molecule has 306 valence electrons. The Morgan fingerprint density at radius 1 is 0.517 bits per heavy atom. The van der Waals surface area contributed by atoms with E-state index in [0.29, 0.717) is 22.3 Å². The van der Waals surface area contributed by atoms with Crippen molar-refractivity contribution < 1.29 is 66.8 Å². The lowest BCUT2D eigenvalue weighted by molar-refractivity contribution is -0.198. The number of rotatable bonds is 17. The van der Waals surface area contributed by atoms with Gasteiger partial charge in [0.15, 0.2) is 12.2 Å². The van der Waals surface area contributed by atoms with Gasteiger partial charge in [0.1, 0.15) is 21.1 Å². The van der Waals surface area contributed by atoms with Crippen molar-refractivity contribution in [1.82, 2.24) is 0 Å². The summed E-state index contributed by atoms with van der Waals surface area (Å²) < 4.78 is 32.2. The van der Waals surface area contributed by atoms with Gasteiger partial charge in [-0.15, -0.1) is 22.7 Å². The molecule has 0 saturated carbocycles. The monoisotopic (exact) mass is 836 g/mol. The minimum absolute atomic E-state index is 0.00905. The van der Waals surface area contributed by atoms with Crippen LogP contribution in [0.1, 0.15) is 62.3 Å². The van der Waals surface area contributed by atoms with E-state index in [0.717, 1.165) is 50.4 Å². The summed E-state index contributed by atoms with van der Waals surface area (Å²) in [5, 5.41) is 8.09. The Bertz CT molecular complexity index is 2000. The Kier molecular flexibility index (Phi) is 15.8. The molecule has 2 aromatic heterocycles. The number of carbonyl (C=O) groups excluding carboxylic acids is 8. The molecule has 0 saturated heterocycles. The van der Waals surface area contributed by atoms with Gasteiger partial charge in [0, 0.05) is 49.6 Å². The standard InChI is InChI=1S/C40H40N2O14S2/c1-7-51-39(49)29-27(25-15-11-9-12-16-25)19-57-37(29)41-35(47)33(55-23(5)45)31(53-21(3)43)32(54-22(4)44)34(56-24(6)46)36(48)42-38-30(40(50)52-8-2)28(20-58-38)26-17-13-10-14-18-26/h9-20,31-34H,7-8H2,1-6H3,(H,41,47)(H,42,48). The van der Waals surface area contributed by atoms with Gasteiger partial charge >= 0.3 is 35.8 Å². The molecule has 0 fully saturated rings. The molecule has 2 amide bonds. The SMILES string of the molecule is CCOC(=O)c1c(-c2ccccc2)csc1NC(=O)C(OC(C)=O)C(OC(C)=O)C(OC(C)=O)C(OC(C)=O)C(=O)Nc1scc(-c2ccccc2)c1C(=O)OCC. The number of nitrogens with one attached hydrogen (secondary N) is 2. The lowest BCUT2D eigenvalue weighted by Crippen LogP contribution is -2.57. The van der Waals surface area contributed by atoms with Crippen LogP contribution in [0.25, 0.3) is 22.3 Å².